The quantitative estimate of drug-likeness (QED) is 0.807. The van der Waals surface area contributed by atoms with Crippen LogP contribution in [-0.4, -0.2) is 30.4 Å². The standard InChI is InChI=1S/C10H12ClNO3/c1-15-9(11)7-12(10(13)14)8-5-3-2-4-6-8/h2-6,9H,7H2,1H3,(H,13,14). The van der Waals surface area contributed by atoms with Crippen LogP contribution in [-0.2, 0) is 4.74 Å². The highest BCUT2D eigenvalue weighted by Gasteiger charge is 2.17. The van der Waals surface area contributed by atoms with E-state index >= 15 is 0 Å². The van der Waals surface area contributed by atoms with Crippen LogP contribution >= 0.6 is 11.6 Å². The number of carbonyl (C=O) groups is 1. The summed E-state index contributed by atoms with van der Waals surface area (Å²) >= 11 is 5.73. The predicted molar refractivity (Wildman–Crippen MR) is 58.5 cm³/mol. The van der Waals surface area contributed by atoms with Crippen LogP contribution in [0.15, 0.2) is 30.3 Å². The van der Waals surface area contributed by atoms with Crippen LogP contribution < -0.4 is 4.90 Å². The lowest BCUT2D eigenvalue weighted by molar-refractivity contribution is 0.164. The first-order chi connectivity index (χ1) is 7.15. The molecule has 0 aliphatic rings. The summed E-state index contributed by atoms with van der Waals surface area (Å²) in [5, 5.41) is 8.98. The van der Waals surface area contributed by atoms with Gasteiger partial charge in [-0.2, -0.15) is 0 Å². The number of rotatable bonds is 4. The Kier molecular flexibility index (Phi) is 4.39. The van der Waals surface area contributed by atoms with Crippen molar-refractivity contribution in [3.05, 3.63) is 30.3 Å². The second-order valence-corrected chi connectivity index (χ2v) is 3.36. The summed E-state index contributed by atoms with van der Waals surface area (Å²) in [6.07, 6.45) is -1.05. The fourth-order valence-electron chi connectivity index (χ4n) is 1.12. The molecule has 0 saturated carbocycles. The van der Waals surface area contributed by atoms with E-state index in [1.54, 1.807) is 24.3 Å². The van der Waals surface area contributed by atoms with Gasteiger partial charge in [-0.15, -0.1) is 0 Å². The van der Waals surface area contributed by atoms with Crippen molar-refractivity contribution >= 4 is 23.4 Å². The van der Waals surface area contributed by atoms with E-state index in [1.165, 1.54) is 7.11 Å². The van der Waals surface area contributed by atoms with Crippen molar-refractivity contribution in [3.63, 3.8) is 0 Å². The van der Waals surface area contributed by atoms with E-state index in [2.05, 4.69) is 0 Å². The molecule has 1 atom stereocenters. The third-order valence-corrected chi connectivity index (χ3v) is 2.20. The van der Waals surface area contributed by atoms with Crippen LogP contribution in [0.5, 0.6) is 0 Å². The molecule has 1 aromatic carbocycles. The summed E-state index contributed by atoms with van der Waals surface area (Å²) in [6.45, 7) is 0.0946. The minimum atomic E-state index is -1.05. The van der Waals surface area contributed by atoms with E-state index in [1.807, 2.05) is 6.07 Å². The number of hydrogen-bond acceptors (Lipinski definition) is 2. The number of methoxy groups -OCH3 is 1. The Labute approximate surface area is 93.0 Å². The average molecular weight is 230 g/mol. The number of halogens is 1. The molecule has 0 spiro atoms. The Hall–Kier alpha value is -1.26. The minimum absolute atomic E-state index is 0.0946. The minimum Gasteiger partial charge on any atom is -0.465 e. The molecule has 0 bridgehead atoms. The van der Waals surface area contributed by atoms with Crippen LogP contribution in [0.2, 0.25) is 0 Å². The SMILES string of the molecule is COC(Cl)CN(C(=O)O)c1ccccc1. The number of anilines is 1. The van der Waals surface area contributed by atoms with Crippen molar-refractivity contribution in [2.45, 2.75) is 5.56 Å². The zero-order valence-corrected chi connectivity index (χ0v) is 9.02. The monoisotopic (exact) mass is 229 g/mol. The second kappa shape index (κ2) is 5.58. The third kappa shape index (κ3) is 3.42. The van der Waals surface area contributed by atoms with Crippen LogP contribution in [0.4, 0.5) is 10.5 Å². The molecule has 1 rings (SSSR count). The van der Waals surface area contributed by atoms with E-state index in [4.69, 9.17) is 21.4 Å². The maximum absolute atomic E-state index is 11.0. The largest absolute Gasteiger partial charge is 0.465 e. The van der Waals surface area contributed by atoms with E-state index in [0.717, 1.165) is 4.90 Å². The van der Waals surface area contributed by atoms with Gasteiger partial charge in [0.25, 0.3) is 0 Å². The molecule has 0 aliphatic heterocycles. The van der Waals surface area contributed by atoms with Gasteiger partial charge in [0.15, 0.2) is 0 Å². The third-order valence-electron chi connectivity index (χ3n) is 1.88. The number of carboxylic acid groups (broad SMARTS) is 1. The van der Waals surface area contributed by atoms with Crippen LogP contribution in [0.25, 0.3) is 0 Å². The summed E-state index contributed by atoms with van der Waals surface area (Å²) in [6, 6.07) is 8.75. The van der Waals surface area contributed by atoms with Crippen LogP contribution in [0.1, 0.15) is 0 Å². The van der Waals surface area contributed by atoms with Gasteiger partial charge >= 0.3 is 6.09 Å². The highest BCUT2D eigenvalue weighted by molar-refractivity contribution is 6.20. The van der Waals surface area contributed by atoms with Crippen molar-refractivity contribution in [1.29, 1.82) is 0 Å². The van der Waals surface area contributed by atoms with Gasteiger partial charge in [0, 0.05) is 12.8 Å². The van der Waals surface area contributed by atoms with Crippen molar-refractivity contribution in [3.8, 4) is 0 Å². The van der Waals surface area contributed by atoms with Gasteiger partial charge in [-0.05, 0) is 12.1 Å². The molecule has 1 aromatic rings. The molecular formula is C10H12ClNO3. The van der Waals surface area contributed by atoms with Gasteiger partial charge in [-0.3, -0.25) is 4.90 Å². The molecule has 1 unspecified atom stereocenters. The van der Waals surface area contributed by atoms with E-state index in [0.29, 0.717) is 5.69 Å². The normalized spacial score (nSPS) is 12.1. The molecule has 0 heterocycles. The summed E-state index contributed by atoms with van der Waals surface area (Å²) in [7, 11) is 1.43. The first-order valence-corrected chi connectivity index (χ1v) is 4.81. The number of hydrogen-bond donors (Lipinski definition) is 1. The molecule has 0 fully saturated rings. The zero-order chi connectivity index (χ0) is 11.3. The molecular weight excluding hydrogens is 218 g/mol. The van der Waals surface area contributed by atoms with Crippen molar-refractivity contribution in [2.75, 3.05) is 18.6 Å². The van der Waals surface area contributed by atoms with E-state index in [-0.39, 0.29) is 6.54 Å². The number of ether oxygens (including phenoxy) is 1. The molecule has 5 heteroatoms. The van der Waals surface area contributed by atoms with Crippen LogP contribution in [0.3, 0.4) is 0 Å². The summed E-state index contributed by atoms with van der Waals surface area (Å²) < 4.78 is 4.81. The topological polar surface area (TPSA) is 49.8 Å². The average Bonchev–Trinajstić information content (AvgIpc) is 2.26. The first-order valence-electron chi connectivity index (χ1n) is 4.37. The molecule has 0 radical (unpaired) electrons. The Bertz CT molecular complexity index is 318. The van der Waals surface area contributed by atoms with Gasteiger partial charge in [-0.25, -0.2) is 4.79 Å². The van der Waals surface area contributed by atoms with Crippen LogP contribution in [0, 0.1) is 0 Å². The molecule has 1 amide bonds. The second-order valence-electron chi connectivity index (χ2n) is 2.87. The predicted octanol–water partition coefficient (Wildman–Crippen LogP) is 2.38. The smallest absolute Gasteiger partial charge is 0.411 e. The maximum atomic E-state index is 11.0. The highest BCUT2D eigenvalue weighted by Crippen LogP contribution is 2.15. The fraction of sp³-hybridized carbons (Fsp3) is 0.300. The Morgan fingerprint density at radius 1 is 1.53 bits per heavy atom. The molecule has 82 valence electrons. The lowest BCUT2D eigenvalue weighted by atomic mass is 10.3. The number of nitrogens with zero attached hydrogens (tertiary/aromatic N) is 1. The molecule has 1 N–H and O–H groups in total. The molecule has 0 aliphatic carbocycles. The molecule has 4 nitrogen and oxygen atoms in total. The lowest BCUT2D eigenvalue weighted by Gasteiger charge is -2.21. The van der Waals surface area contributed by atoms with Crippen molar-refractivity contribution in [2.24, 2.45) is 0 Å². The Balaban J connectivity index is 2.80. The number of para-hydroxylation sites is 1. The van der Waals surface area contributed by atoms with Gasteiger partial charge in [0.05, 0.1) is 6.54 Å². The Morgan fingerprint density at radius 2 is 2.13 bits per heavy atom. The number of amides is 1. The fourth-order valence-corrected chi connectivity index (χ4v) is 1.26. The first kappa shape index (κ1) is 11.8. The number of alkyl halides is 1. The summed E-state index contributed by atoms with van der Waals surface area (Å²) in [5.74, 6) is 0. The van der Waals surface area contributed by atoms with Gasteiger partial charge in [0.2, 0.25) is 0 Å². The summed E-state index contributed by atoms with van der Waals surface area (Å²) in [4.78, 5) is 12.1. The maximum Gasteiger partial charge on any atom is 0.411 e. The highest BCUT2D eigenvalue weighted by atomic mass is 35.5. The Morgan fingerprint density at radius 3 is 2.60 bits per heavy atom. The van der Waals surface area contributed by atoms with Crippen molar-refractivity contribution in [1.82, 2.24) is 0 Å². The summed E-state index contributed by atoms with van der Waals surface area (Å²) in [5.41, 5.74) is -0.0750. The van der Waals surface area contributed by atoms with E-state index in [9.17, 15) is 4.79 Å². The van der Waals surface area contributed by atoms with Gasteiger partial charge < -0.3 is 9.84 Å². The van der Waals surface area contributed by atoms with Crippen molar-refractivity contribution < 1.29 is 14.6 Å². The van der Waals surface area contributed by atoms with E-state index < -0.39 is 11.7 Å². The molecule has 15 heavy (non-hydrogen) atoms. The van der Waals surface area contributed by atoms with Gasteiger partial charge in [0.1, 0.15) is 5.56 Å². The zero-order valence-electron chi connectivity index (χ0n) is 8.26. The molecule has 0 saturated heterocycles. The molecule has 0 aromatic heterocycles. The lowest BCUT2D eigenvalue weighted by Crippen LogP contribution is -2.35. The van der Waals surface area contributed by atoms with Gasteiger partial charge in [-0.1, -0.05) is 29.8 Å². The number of benzene rings is 1.